The fourth-order valence-corrected chi connectivity index (χ4v) is 3.77. The van der Waals surface area contributed by atoms with Crippen molar-refractivity contribution in [2.24, 2.45) is 0 Å². The highest BCUT2D eigenvalue weighted by Gasteiger charge is 2.28. The van der Waals surface area contributed by atoms with Gasteiger partial charge in [0.05, 0.1) is 6.54 Å². The summed E-state index contributed by atoms with van der Waals surface area (Å²) in [7, 11) is 0. The summed E-state index contributed by atoms with van der Waals surface area (Å²) in [6.07, 6.45) is 5.53. The van der Waals surface area contributed by atoms with Crippen molar-refractivity contribution in [2.45, 2.75) is 31.7 Å². The third-order valence-electron chi connectivity index (χ3n) is 5.08. The quantitative estimate of drug-likeness (QED) is 0.788. The number of hydrogen-bond acceptors (Lipinski definition) is 4. The molecule has 1 saturated carbocycles. The van der Waals surface area contributed by atoms with Crippen molar-refractivity contribution in [2.75, 3.05) is 58.9 Å². The van der Waals surface area contributed by atoms with Gasteiger partial charge in [-0.2, -0.15) is 0 Å². The first-order valence-electron chi connectivity index (χ1n) is 8.28. The van der Waals surface area contributed by atoms with Gasteiger partial charge in [-0.25, -0.2) is 0 Å². The highest BCUT2D eigenvalue weighted by atomic mass is 16.2. The molecule has 2 saturated heterocycles. The molecule has 5 heteroatoms. The molecule has 0 aromatic heterocycles. The molecule has 0 unspecified atom stereocenters. The second-order valence-electron chi connectivity index (χ2n) is 6.38. The van der Waals surface area contributed by atoms with E-state index in [1.807, 2.05) is 0 Å². The Morgan fingerprint density at radius 2 is 1.60 bits per heavy atom. The van der Waals surface area contributed by atoms with Crippen molar-refractivity contribution in [3.8, 4) is 0 Å². The van der Waals surface area contributed by atoms with Crippen LogP contribution in [0.5, 0.6) is 0 Å². The van der Waals surface area contributed by atoms with E-state index in [-0.39, 0.29) is 0 Å². The molecule has 1 aliphatic carbocycles. The highest BCUT2D eigenvalue weighted by Crippen LogP contribution is 2.24. The third kappa shape index (κ3) is 3.51. The van der Waals surface area contributed by atoms with E-state index in [1.54, 1.807) is 0 Å². The van der Waals surface area contributed by atoms with Crippen molar-refractivity contribution >= 4 is 5.91 Å². The van der Waals surface area contributed by atoms with E-state index in [4.69, 9.17) is 0 Å². The first-order valence-corrected chi connectivity index (χ1v) is 8.28. The summed E-state index contributed by atoms with van der Waals surface area (Å²) in [5.74, 6) is 0.331. The number of hydrogen-bond donors (Lipinski definition) is 1. The summed E-state index contributed by atoms with van der Waals surface area (Å²) in [4.78, 5) is 19.3. The van der Waals surface area contributed by atoms with E-state index in [0.717, 1.165) is 58.4 Å². The summed E-state index contributed by atoms with van der Waals surface area (Å²) in [5, 5.41) is 3.33. The Morgan fingerprint density at radius 1 is 0.950 bits per heavy atom. The summed E-state index contributed by atoms with van der Waals surface area (Å²) < 4.78 is 0. The Balaban J connectivity index is 1.41. The van der Waals surface area contributed by atoms with Crippen LogP contribution in [0.25, 0.3) is 0 Å². The number of carbonyl (C=O) groups is 1. The van der Waals surface area contributed by atoms with Gasteiger partial charge in [0.2, 0.25) is 5.91 Å². The van der Waals surface area contributed by atoms with Gasteiger partial charge in [-0.05, 0) is 12.8 Å². The van der Waals surface area contributed by atoms with E-state index in [2.05, 4.69) is 20.0 Å². The number of piperazine rings is 2. The zero-order valence-electron chi connectivity index (χ0n) is 12.5. The average molecular weight is 280 g/mol. The molecule has 3 aliphatic rings. The van der Waals surface area contributed by atoms with Crippen LogP contribution in [0, 0.1) is 0 Å². The van der Waals surface area contributed by atoms with Gasteiger partial charge >= 0.3 is 0 Å². The number of nitrogens with zero attached hydrogens (tertiary/aromatic N) is 3. The third-order valence-corrected chi connectivity index (χ3v) is 5.08. The van der Waals surface area contributed by atoms with E-state index >= 15 is 0 Å². The minimum absolute atomic E-state index is 0.331. The largest absolute Gasteiger partial charge is 0.339 e. The second kappa shape index (κ2) is 6.87. The lowest BCUT2D eigenvalue weighted by Crippen LogP contribution is -2.54. The lowest BCUT2D eigenvalue weighted by molar-refractivity contribution is -0.134. The Kier molecular flexibility index (Phi) is 4.91. The van der Waals surface area contributed by atoms with E-state index in [9.17, 15) is 4.79 Å². The van der Waals surface area contributed by atoms with Gasteiger partial charge in [0.25, 0.3) is 0 Å². The molecule has 20 heavy (non-hydrogen) atoms. The predicted molar refractivity (Wildman–Crippen MR) is 79.7 cm³/mol. The monoisotopic (exact) mass is 280 g/mol. The molecule has 2 heterocycles. The van der Waals surface area contributed by atoms with Crippen LogP contribution in [0.2, 0.25) is 0 Å². The van der Waals surface area contributed by atoms with Gasteiger partial charge in [0.15, 0.2) is 0 Å². The zero-order chi connectivity index (χ0) is 13.8. The first kappa shape index (κ1) is 14.3. The van der Waals surface area contributed by atoms with Crippen LogP contribution in [-0.4, -0.2) is 85.6 Å². The number of rotatable bonds is 3. The zero-order valence-corrected chi connectivity index (χ0v) is 12.5. The number of amides is 1. The van der Waals surface area contributed by atoms with Gasteiger partial charge in [0, 0.05) is 58.4 Å². The Labute approximate surface area is 122 Å². The van der Waals surface area contributed by atoms with Gasteiger partial charge in [-0.1, -0.05) is 12.8 Å². The molecule has 0 spiro atoms. The fourth-order valence-electron chi connectivity index (χ4n) is 3.77. The lowest BCUT2D eigenvalue weighted by atomic mass is 10.2. The molecule has 5 nitrogen and oxygen atoms in total. The normalized spacial score (nSPS) is 27.1. The summed E-state index contributed by atoms with van der Waals surface area (Å²) in [6, 6.07) is 0.806. The standard InChI is InChI=1S/C15H28N4O/c20-15(13-17-7-5-16-6-8-17)19-11-9-18(10-12-19)14-3-1-2-4-14/h14,16H,1-13H2. The maximum absolute atomic E-state index is 12.3. The summed E-state index contributed by atoms with van der Waals surface area (Å²) in [6.45, 7) is 8.69. The summed E-state index contributed by atoms with van der Waals surface area (Å²) in [5.41, 5.74) is 0. The predicted octanol–water partition coefficient (Wildman–Crippen LogP) is -0.0216. The number of carbonyl (C=O) groups excluding carboxylic acids is 1. The van der Waals surface area contributed by atoms with Crippen molar-refractivity contribution in [1.29, 1.82) is 0 Å². The highest BCUT2D eigenvalue weighted by molar-refractivity contribution is 5.78. The van der Waals surface area contributed by atoms with Gasteiger partial charge < -0.3 is 10.2 Å². The summed E-state index contributed by atoms with van der Waals surface area (Å²) >= 11 is 0. The molecule has 114 valence electrons. The molecule has 3 rings (SSSR count). The Bertz CT molecular complexity index is 316. The molecule has 0 aromatic carbocycles. The minimum Gasteiger partial charge on any atom is -0.339 e. The van der Waals surface area contributed by atoms with E-state index in [1.165, 1.54) is 25.7 Å². The SMILES string of the molecule is O=C(CN1CCNCC1)N1CCN(C2CCCC2)CC1. The second-order valence-corrected chi connectivity index (χ2v) is 6.38. The van der Waals surface area contributed by atoms with Crippen molar-refractivity contribution in [3.05, 3.63) is 0 Å². The van der Waals surface area contributed by atoms with Crippen molar-refractivity contribution in [1.82, 2.24) is 20.0 Å². The lowest BCUT2D eigenvalue weighted by Gasteiger charge is -2.39. The van der Waals surface area contributed by atoms with Crippen LogP contribution in [0.1, 0.15) is 25.7 Å². The first-order chi connectivity index (χ1) is 9.83. The maximum Gasteiger partial charge on any atom is 0.236 e. The molecule has 1 amide bonds. The van der Waals surface area contributed by atoms with Crippen molar-refractivity contribution < 1.29 is 4.79 Å². The molecule has 0 radical (unpaired) electrons. The minimum atomic E-state index is 0.331. The molecule has 3 fully saturated rings. The van der Waals surface area contributed by atoms with Crippen molar-refractivity contribution in [3.63, 3.8) is 0 Å². The fraction of sp³-hybridized carbons (Fsp3) is 0.933. The molecule has 1 N–H and O–H groups in total. The molecular formula is C15H28N4O. The van der Waals surface area contributed by atoms with Crippen LogP contribution < -0.4 is 5.32 Å². The molecule has 0 aromatic rings. The molecule has 0 atom stereocenters. The topological polar surface area (TPSA) is 38.8 Å². The van der Waals surface area contributed by atoms with Gasteiger partial charge in [-0.15, -0.1) is 0 Å². The average Bonchev–Trinajstić information content (AvgIpc) is 3.03. The van der Waals surface area contributed by atoms with Crippen LogP contribution in [0.3, 0.4) is 0 Å². The van der Waals surface area contributed by atoms with E-state index < -0.39 is 0 Å². The Hall–Kier alpha value is -0.650. The number of nitrogens with one attached hydrogen (secondary N) is 1. The molecule has 0 bridgehead atoms. The van der Waals surface area contributed by atoms with Crippen LogP contribution >= 0.6 is 0 Å². The van der Waals surface area contributed by atoms with Crippen LogP contribution in [-0.2, 0) is 4.79 Å². The maximum atomic E-state index is 12.3. The van der Waals surface area contributed by atoms with Gasteiger partial charge in [-0.3, -0.25) is 14.6 Å². The van der Waals surface area contributed by atoms with Crippen LogP contribution in [0.15, 0.2) is 0 Å². The Morgan fingerprint density at radius 3 is 2.25 bits per heavy atom. The van der Waals surface area contributed by atoms with Crippen LogP contribution in [0.4, 0.5) is 0 Å². The smallest absolute Gasteiger partial charge is 0.236 e. The van der Waals surface area contributed by atoms with Gasteiger partial charge in [0.1, 0.15) is 0 Å². The molecule has 2 aliphatic heterocycles. The molecular weight excluding hydrogens is 252 g/mol. The van der Waals surface area contributed by atoms with E-state index in [0.29, 0.717) is 12.5 Å².